The van der Waals surface area contributed by atoms with Crippen molar-refractivity contribution in [3.05, 3.63) is 5.89 Å². The molecule has 7 heteroatoms. The highest BCUT2D eigenvalue weighted by atomic mass is 16.5. The van der Waals surface area contributed by atoms with E-state index < -0.39 is 0 Å². The number of rotatable bonds is 3. The van der Waals surface area contributed by atoms with Crippen molar-refractivity contribution >= 4 is 6.01 Å². The Kier molecular flexibility index (Phi) is 3.72. The Labute approximate surface area is 106 Å². The fourth-order valence-electron chi connectivity index (χ4n) is 2.25. The molecule has 0 spiro atoms. The molecule has 100 valence electrons. The standard InChI is InChI=1S/C11H19N5O2/c1-3-15(4-2-12-1)9-10-13-14-11(18-10)16-5-7-17-8-6-16/h12H,1-9H2. The number of nitrogens with zero attached hydrogens (tertiary/aromatic N) is 4. The monoisotopic (exact) mass is 253 g/mol. The number of aromatic nitrogens is 2. The summed E-state index contributed by atoms with van der Waals surface area (Å²) in [6.07, 6.45) is 0. The molecule has 0 radical (unpaired) electrons. The maximum Gasteiger partial charge on any atom is 0.318 e. The van der Waals surface area contributed by atoms with Gasteiger partial charge in [-0.15, -0.1) is 5.10 Å². The van der Waals surface area contributed by atoms with Gasteiger partial charge in [-0.3, -0.25) is 4.90 Å². The minimum absolute atomic E-state index is 0.628. The largest absolute Gasteiger partial charge is 0.407 e. The van der Waals surface area contributed by atoms with E-state index in [0.29, 0.717) is 11.9 Å². The summed E-state index contributed by atoms with van der Waals surface area (Å²) in [6.45, 7) is 8.01. The molecule has 1 N–H and O–H groups in total. The molecular weight excluding hydrogens is 234 g/mol. The topological polar surface area (TPSA) is 66.7 Å². The van der Waals surface area contributed by atoms with Crippen molar-refractivity contribution in [2.75, 3.05) is 57.4 Å². The predicted molar refractivity (Wildman–Crippen MR) is 65.5 cm³/mol. The molecule has 0 bridgehead atoms. The van der Waals surface area contributed by atoms with Crippen molar-refractivity contribution in [2.24, 2.45) is 0 Å². The van der Waals surface area contributed by atoms with E-state index in [0.717, 1.165) is 59.0 Å². The fraction of sp³-hybridized carbons (Fsp3) is 0.818. The summed E-state index contributed by atoms with van der Waals surface area (Å²) in [6, 6.07) is 0.628. The Hall–Kier alpha value is -1.18. The fourth-order valence-corrected chi connectivity index (χ4v) is 2.25. The minimum atomic E-state index is 0.628. The molecule has 0 aliphatic carbocycles. The maximum atomic E-state index is 5.71. The number of nitrogens with one attached hydrogen (secondary N) is 1. The number of ether oxygens (including phenoxy) is 1. The molecular formula is C11H19N5O2. The van der Waals surface area contributed by atoms with Crippen LogP contribution in [0.25, 0.3) is 0 Å². The molecule has 0 amide bonds. The highest BCUT2D eigenvalue weighted by molar-refractivity contribution is 5.24. The van der Waals surface area contributed by atoms with Gasteiger partial charge in [-0.1, -0.05) is 5.10 Å². The van der Waals surface area contributed by atoms with Crippen LogP contribution in [0, 0.1) is 0 Å². The Bertz CT molecular complexity index is 371. The van der Waals surface area contributed by atoms with E-state index in [9.17, 15) is 0 Å². The van der Waals surface area contributed by atoms with Gasteiger partial charge >= 0.3 is 6.01 Å². The first-order chi connectivity index (χ1) is 8.92. The highest BCUT2D eigenvalue weighted by Gasteiger charge is 2.19. The van der Waals surface area contributed by atoms with Gasteiger partial charge in [0.15, 0.2) is 0 Å². The van der Waals surface area contributed by atoms with Gasteiger partial charge in [-0.2, -0.15) is 0 Å². The molecule has 2 saturated heterocycles. The van der Waals surface area contributed by atoms with Gasteiger partial charge in [0, 0.05) is 39.3 Å². The average Bonchev–Trinajstić information content (AvgIpc) is 2.89. The molecule has 0 aromatic carbocycles. The Morgan fingerprint density at radius 3 is 2.61 bits per heavy atom. The normalized spacial score (nSPS) is 22.3. The lowest BCUT2D eigenvalue weighted by molar-refractivity contribution is 0.120. The smallest absolute Gasteiger partial charge is 0.318 e. The number of morpholine rings is 1. The molecule has 2 aliphatic heterocycles. The zero-order valence-electron chi connectivity index (χ0n) is 10.5. The van der Waals surface area contributed by atoms with Crippen LogP contribution in [0.5, 0.6) is 0 Å². The Morgan fingerprint density at radius 2 is 1.83 bits per heavy atom. The SMILES string of the molecule is C1CN(Cc2nnc(N3CCOCC3)o2)CCN1. The van der Waals surface area contributed by atoms with Crippen molar-refractivity contribution in [1.29, 1.82) is 0 Å². The molecule has 3 heterocycles. The summed E-state index contributed by atoms with van der Waals surface area (Å²) in [5.41, 5.74) is 0. The van der Waals surface area contributed by atoms with Crippen molar-refractivity contribution in [2.45, 2.75) is 6.54 Å². The zero-order valence-corrected chi connectivity index (χ0v) is 10.5. The first-order valence-electron chi connectivity index (χ1n) is 6.50. The van der Waals surface area contributed by atoms with Crippen molar-refractivity contribution in [3.8, 4) is 0 Å². The predicted octanol–water partition coefficient (Wildman–Crippen LogP) is -0.689. The minimum Gasteiger partial charge on any atom is -0.407 e. The van der Waals surface area contributed by atoms with Crippen molar-refractivity contribution < 1.29 is 9.15 Å². The van der Waals surface area contributed by atoms with Crippen LogP contribution in [0.4, 0.5) is 6.01 Å². The van der Waals surface area contributed by atoms with E-state index in [1.807, 2.05) is 0 Å². The van der Waals surface area contributed by atoms with E-state index in [4.69, 9.17) is 9.15 Å². The van der Waals surface area contributed by atoms with Crippen LogP contribution in [-0.2, 0) is 11.3 Å². The highest BCUT2D eigenvalue weighted by Crippen LogP contribution is 2.14. The van der Waals surface area contributed by atoms with E-state index in [1.165, 1.54) is 0 Å². The summed E-state index contributed by atoms with van der Waals surface area (Å²) >= 11 is 0. The summed E-state index contributed by atoms with van der Waals surface area (Å²) < 4.78 is 11.0. The third-order valence-electron chi connectivity index (χ3n) is 3.31. The van der Waals surface area contributed by atoms with Crippen LogP contribution >= 0.6 is 0 Å². The van der Waals surface area contributed by atoms with Crippen LogP contribution in [-0.4, -0.2) is 67.6 Å². The summed E-state index contributed by atoms with van der Waals surface area (Å²) in [5.74, 6) is 0.707. The third kappa shape index (κ3) is 2.80. The van der Waals surface area contributed by atoms with Gasteiger partial charge in [0.1, 0.15) is 0 Å². The molecule has 0 unspecified atom stereocenters. The van der Waals surface area contributed by atoms with Gasteiger partial charge < -0.3 is 19.4 Å². The van der Waals surface area contributed by atoms with E-state index in [-0.39, 0.29) is 0 Å². The van der Waals surface area contributed by atoms with Gasteiger partial charge in [-0.05, 0) is 0 Å². The lowest BCUT2D eigenvalue weighted by Gasteiger charge is -2.26. The van der Waals surface area contributed by atoms with E-state index in [1.54, 1.807) is 0 Å². The van der Waals surface area contributed by atoms with Crippen LogP contribution in [0.1, 0.15) is 5.89 Å². The third-order valence-corrected chi connectivity index (χ3v) is 3.31. The van der Waals surface area contributed by atoms with Gasteiger partial charge in [0.25, 0.3) is 0 Å². The second-order valence-corrected chi connectivity index (χ2v) is 4.60. The van der Waals surface area contributed by atoms with Gasteiger partial charge in [0.2, 0.25) is 5.89 Å². The number of anilines is 1. The molecule has 1 aromatic heterocycles. The van der Waals surface area contributed by atoms with Crippen LogP contribution < -0.4 is 10.2 Å². The molecule has 0 saturated carbocycles. The maximum absolute atomic E-state index is 5.71. The molecule has 2 fully saturated rings. The lowest BCUT2D eigenvalue weighted by Crippen LogP contribution is -2.42. The van der Waals surface area contributed by atoms with Crippen molar-refractivity contribution in [1.82, 2.24) is 20.4 Å². The van der Waals surface area contributed by atoms with Crippen LogP contribution in [0.2, 0.25) is 0 Å². The van der Waals surface area contributed by atoms with Gasteiger partial charge in [0.05, 0.1) is 19.8 Å². The van der Waals surface area contributed by atoms with Crippen LogP contribution in [0.15, 0.2) is 4.42 Å². The molecule has 18 heavy (non-hydrogen) atoms. The lowest BCUT2D eigenvalue weighted by atomic mass is 10.3. The molecule has 3 rings (SSSR count). The summed E-state index contributed by atoms with van der Waals surface area (Å²) in [5, 5.41) is 11.6. The molecule has 7 nitrogen and oxygen atoms in total. The quantitative estimate of drug-likeness (QED) is 0.765. The molecule has 2 aliphatic rings. The zero-order chi connectivity index (χ0) is 12.2. The first-order valence-corrected chi connectivity index (χ1v) is 6.50. The van der Waals surface area contributed by atoms with Gasteiger partial charge in [-0.25, -0.2) is 0 Å². The summed E-state index contributed by atoms with van der Waals surface area (Å²) in [7, 11) is 0. The van der Waals surface area contributed by atoms with Crippen LogP contribution in [0.3, 0.4) is 0 Å². The Morgan fingerprint density at radius 1 is 1.06 bits per heavy atom. The molecule has 1 aromatic rings. The average molecular weight is 253 g/mol. The number of piperazine rings is 1. The summed E-state index contributed by atoms with van der Waals surface area (Å²) in [4.78, 5) is 4.41. The molecule has 0 atom stereocenters. The number of hydrogen-bond donors (Lipinski definition) is 1. The number of hydrogen-bond acceptors (Lipinski definition) is 7. The van der Waals surface area contributed by atoms with E-state index in [2.05, 4.69) is 25.3 Å². The van der Waals surface area contributed by atoms with E-state index >= 15 is 0 Å². The first kappa shape index (κ1) is 11.9. The second-order valence-electron chi connectivity index (χ2n) is 4.60. The van der Waals surface area contributed by atoms with Crippen molar-refractivity contribution in [3.63, 3.8) is 0 Å². The second kappa shape index (κ2) is 5.64. The Balaban J connectivity index is 1.58.